The fraction of sp³-hybridized carbons (Fsp3) is 0.348. The minimum Gasteiger partial charge on any atom is -0.331 e. The molecule has 3 rings (SSSR count). The maximum Gasteiger partial charge on any atom is 0.319 e. The molecule has 0 unspecified atom stereocenters. The molecular weight excluding hydrogens is 380 g/mol. The van der Waals surface area contributed by atoms with Crippen molar-refractivity contribution in [2.45, 2.75) is 19.8 Å². The van der Waals surface area contributed by atoms with E-state index in [1.807, 2.05) is 31.2 Å². The maximum atomic E-state index is 12.8. The molecule has 0 aromatic heterocycles. The number of aryl methyl sites for hydroxylation is 1. The lowest BCUT2D eigenvalue weighted by molar-refractivity contribution is -0.121. The normalized spacial score (nSPS) is 14.2. The smallest absolute Gasteiger partial charge is 0.319 e. The van der Waals surface area contributed by atoms with E-state index in [1.54, 1.807) is 48.2 Å². The predicted molar refractivity (Wildman–Crippen MR) is 118 cm³/mol. The number of hydrogen-bond donors (Lipinski definition) is 2. The van der Waals surface area contributed by atoms with Crippen molar-refractivity contribution in [3.63, 3.8) is 0 Å². The van der Waals surface area contributed by atoms with Gasteiger partial charge in [-0.1, -0.05) is 24.3 Å². The Morgan fingerprint density at radius 3 is 2.33 bits per heavy atom. The Hall–Kier alpha value is -3.35. The second-order valence-electron chi connectivity index (χ2n) is 7.80. The largest absolute Gasteiger partial charge is 0.331 e. The van der Waals surface area contributed by atoms with Crippen LogP contribution in [0.1, 0.15) is 28.8 Å². The predicted octanol–water partition coefficient (Wildman–Crippen LogP) is 3.58. The van der Waals surface area contributed by atoms with Crippen molar-refractivity contribution >= 4 is 29.2 Å². The van der Waals surface area contributed by atoms with Gasteiger partial charge in [0.05, 0.1) is 11.3 Å². The Balaban J connectivity index is 1.64. The molecule has 7 nitrogen and oxygen atoms in total. The van der Waals surface area contributed by atoms with Gasteiger partial charge in [-0.25, -0.2) is 4.79 Å². The number of carbonyl (C=O) groups is 3. The number of benzene rings is 2. The van der Waals surface area contributed by atoms with E-state index in [1.165, 1.54) is 0 Å². The van der Waals surface area contributed by atoms with E-state index in [0.717, 1.165) is 5.56 Å². The second kappa shape index (κ2) is 9.43. The molecule has 1 heterocycles. The summed E-state index contributed by atoms with van der Waals surface area (Å²) in [5.74, 6) is -0.588. The van der Waals surface area contributed by atoms with Gasteiger partial charge in [0.15, 0.2) is 0 Å². The zero-order valence-electron chi connectivity index (χ0n) is 17.6. The van der Waals surface area contributed by atoms with Gasteiger partial charge in [0, 0.05) is 38.8 Å². The van der Waals surface area contributed by atoms with Gasteiger partial charge in [-0.2, -0.15) is 0 Å². The molecule has 30 heavy (non-hydrogen) atoms. The molecule has 0 radical (unpaired) electrons. The number of para-hydroxylation sites is 1. The third kappa shape index (κ3) is 5.17. The highest BCUT2D eigenvalue weighted by molar-refractivity contribution is 6.10. The van der Waals surface area contributed by atoms with Crippen molar-refractivity contribution in [1.29, 1.82) is 0 Å². The van der Waals surface area contributed by atoms with E-state index in [4.69, 9.17) is 0 Å². The minimum atomic E-state index is -0.275. The summed E-state index contributed by atoms with van der Waals surface area (Å²) < 4.78 is 0. The highest BCUT2D eigenvalue weighted by Crippen LogP contribution is 2.23. The summed E-state index contributed by atoms with van der Waals surface area (Å²) in [7, 11) is 3.44. The van der Waals surface area contributed by atoms with Crippen molar-refractivity contribution in [2.24, 2.45) is 5.92 Å². The van der Waals surface area contributed by atoms with Crippen molar-refractivity contribution in [1.82, 2.24) is 9.80 Å². The Bertz CT molecular complexity index is 934. The van der Waals surface area contributed by atoms with Crippen LogP contribution >= 0.6 is 0 Å². The van der Waals surface area contributed by atoms with Crippen LogP contribution in [0, 0.1) is 12.8 Å². The third-order valence-electron chi connectivity index (χ3n) is 5.22. The fourth-order valence-corrected chi connectivity index (χ4v) is 3.56. The molecule has 1 aliphatic rings. The number of anilines is 2. The van der Waals surface area contributed by atoms with E-state index in [0.29, 0.717) is 42.9 Å². The van der Waals surface area contributed by atoms with E-state index >= 15 is 0 Å². The Morgan fingerprint density at radius 2 is 1.67 bits per heavy atom. The molecule has 1 aliphatic heterocycles. The summed E-state index contributed by atoms with van der Waals surface area (Å²) in [6, 6.07) is 14.5. The van der Waals surface area contributed by atoms with Crippen LogP contribution in [-0.4, -0.2) is 54.8 Å². The molecule has 2 aromatic carbocycles. The quantitative estimate of drug-likeness (QED) is 0.811. The molecule has 158 valence electrons. The van der Waals surface area contributed by atoms with Gasteiger partial charge < -0.3 is 20.4 Å². The van der Waals surface area contributed by atoms with Gasteiger partial charge in [-0.3, -0.25) is 9.59 Å². The molecule has 0 saturated carbocycles. The molecule has 0 spiro atoms. The summed E-state index contributed by atoms with van der Waals surface area (Å²) in [4.78, 5) is 40.9. The minimum absolute atomic E-state index is 0.0352. The van der Waals surface area contributed by atoms with E-state index < -0.39 is 0 Å². The monoisotopic (exact) mass is 408 g/mol. The van der Waals surface area contributed by atoms with E-state index in [-0.39, 0.29) is 23.8 Å². The summed E-state index contributed by atoms with van der Waals surface area (Å²) in [5, 5.41) is 5.79. The second-order valence-corrected chi connectivity index (χ2v) is 7.80. The summed E-state index contributed by atoms with van der Waals surface area (Å²) >= 11 is 0. The van der Waals surface area contributed by atoms with E-state index in [2.05, 4.69) is 10.6 Å². The first-order chi connectivity index (χ1) is 14.3. The molecule has 2 N–H and O–H groups in total. The number of likely N-dealkylation sites (tertiary alicyclic amines) is 1. The molecule has 1 fully saturated rings. The van der Waals surface area contributed by atoms with Crippen LogP contribution in [0.15, 0.2) is 48.5 Å². The number of piperidine rings is 1. The van der Waals surface area contributed by atoms with Crippen LogP contribution in [0.5, 0.6) is 0 Å². The summed E-state index contributed by atoms with van der Waals surface area (Å²) in [5.41, 5.74) is 2.65. The lowest BCUT2D eigenvalue weighted by Crippen LogP contribution is -2.45. The Labute approximate surface area is 177 Å². The number of rotatable bonds is 4. The number of carbonyl (C=O) groups excluding carboxylic acids is 3. The van der Waals surface area contributed by atoms with Gasteiger partial charge in [-0.05, 0) is 49.6 Å². The highest BCUT2D eigenvalue weighted by atomic mass is 16.2. The van der Waals surface area contributed by atoms with Crippen molar-refractivity contribution in [3.05, 3.63) is 59.7 Å². The van der Waals surface area contributed by atoms with Gasteiger partial charge in [-0.15, -0.1) is 0 Å². The van der Waals surface area contributed by atoms with Crippen molar-refractivity contribution in [3.8, 4) is 0 Å². The molecule has 4 amide bonds. The standard InChI is InChI=1S/C23H28N4O3/c1-16-7-6-8-18(15-16)24-22(29)19-9-4-5-10-20(19)25-21(28)17-11-13-27(14-12-17)23(30)26(2)3/h4-10,15,17H,11-14H2,1-3H3,(H,24,29)(H,25,28). The average molecular weight is 409 g/mol. The Morgan fingerprint density at radius 1 is 0.967 bits per heavy atom. The zero-order chi connectivity index (χ0) is 21.7. The molecular formula is C23H28N4O3. The van der Waals surface area contributed by atoms with Gasteiger partial charge in [0.2, 0.25) is 5.91 Å². The lowest BCUT2D eigenvalue weighted by Gasteiger charge is -2.33. The van der Waals surface area contributed by atoms with Crippen LogP contribution in [0.3, 0.4) is 0 Å². The number of amides is 4. The van der Waals surface area contributed by atoms with E-state index in [9.17, 15) is 14.4 Å². The number of nitrogens with one attached hydrogen (secondary N) is 2. The number of urea groups is 1. The van der Waals surface area contributed by atoms with Gasteiger partial charge in [0.1, 0.15) is 0 Å². The van der Waals surface area contributed by atoms with Crippen LogP contribution in [0.2, 0.25) is 0 Å². The maximum absolute atomic E-state index is 12.8. The molecule has 0 bridgehead atoms. The van der Waals surface area contributed by atoms with Gasteiger partial charge >= 0.3 is 6.03 Å². The molecule has 2 aromatic rings. The van der Waals surface area contributed by atoms with Gasteiger partial charge in [0.25, 0.3) is 5.91 Å². The van der Waals surface area contributed by atoms with Crippen LogP contribution in [0.4, 0.5) is 16.2 Å². The summed E-state index contributed by atoms with van der Waals surface area (Å²) in [6.07, 6.45) is 1.20. The third-order valence-corrected chi connectivity index (χ3v) is 5.22. The zero-order valence-corrected chi connectivity index (χ0v) is 17.6. The first kappa shape index (κ1) is 21.4. The first-order valence-corrected chi connectivity index (χ1v) is 10.1. The summed E-state index contributed by atoms with van der Waals surface area (Å²) in [6.45, 7) is 3.05. The molecule has 7 heteroatoms. The van der Waals surface area contributed by atoms with Crippen LogP contribution in [0.25, 0.3) is 0 Å². The Kier molecular flexibility index (Phi) is 6.72. The number of nitrogens with zero attached hydrogens (tertiary/aromatic N) is 2. The van der Waals surface area contributed by atoms with Crippen molar-refractivity contribution < 1.29 is 14.4 Å². The molecule has 0 aliphatic carbocycles. The molecule has 1 saturated heterocycles. The fourth-order valence-electron chi connectivity index (χ4n) is 3.56. The SMILES string of the molecule is Cc1cccc(NC(=O)c2ccccc2NC(=O)C2CCN(C(=O)N(C)C)CC2)c1. The number of hydrogen-bond acceptors (Lipinski definition) is 3. The topological polar surface area (TPSA) is 81.8 Å². The van der Waals surface area contributed by atoms with Crippen molar-refractivity contribution in [2.75, 3.05) is 37.8 Å². The van der Waals surface area contributed by atoms with Crippen LogP contribution < -0.4 is 10.6 Å². The average Bonchev–Trinajstić information content (AvgIpc) is 2.73. The first-order valence-electron chi connectivity index (χ1n) is 10.1. The highest BCUT2D eigenvalue weighted by Gasteiger charge is 2.28. The molecule has 0 atom stereocenters. The lowest BCUT2D eigenvalue weighted by atomic mass is 9.95. The van der Waals surface area contributed by atoms with Crippen LogP contribution in [-0.2, 0) is 4.79 Å².